The lowest BCUT2D eigenvalue weighted by molar-refractivity contribution is -0.122. The monoisotopic (exact) mass is 239 g/mol. The number of nitrogens with one attached hydrogen (secondary N) is 1. The lowest BCUT2D eigenvalue weighted by Gasteiger charge is -2.14. The SMILES string of the molecule is CC[C@H](CO)NC(=O)CCn1nc(C)cc1C. The number of aliphatic hydroxyl groups is 1. The zero-order valence-corrected chi connectivity index (χ0v) is 10.7. The maximum absolute atomic E-state index is 11.6. The Balaban J connectivity index is 2.40. The van der Waals surface area contributed by atoms with Gasteiger partial charge in [0.15, 0.2) is 0 Å². The molecule has 1 aromatic heterocycles. The molecule has 0 bridgehead atoms. The van der Waals surface area contributed by atoms with E-state index in [0.29, 0.717) is 13.0 Å². The number of carbonyl (C=O) groups is 1. The van der Waals surface area contributed by atoms with Gasteiger partial charge in [0.1, 0.15) is 0 Å². The fraction of sp³-hybridized carbons (Fsp3) is 0.667. The third-order valence-corrected chi connectivity index (χ3v) is 2.73. The van der Waals surface area contributed by atoms with Crippen LogP contribution in [-0.4, -0.2) is 33.4 Å². The highest BCUT2D eigenvalue weighted by Crippen LogP contribution is 2.02. The van der Waals surface area contributed by atoms with Gasteiger partial charge in [0, 0.05) is 18.7 Å². The second kappa shape index (κ2) is 6.39. The summed E-state index contributed by atoms with van der Waals surface area (Å²) in [5, 5.41) is 16.0. The molecule has 0 aliphatic carbocycles. The first-order valence-electron chi connectivity index (χ1n) is 5.98. The van der Waals surface area contributed by atoms with Gasteiger partial charge in [-0.1, -0.05) is 6.92 Å². The molecule has 0 saturated carbocycles. The van der Waals surface area contributed by atoms with Crippen molar-refractivity contribution in [2.45, 2.75) is 46.2 Å². The summed E-state index contributed by atoms with van der Waals surface area (Å²) < 4.78 is 1.83. The Kier molecular flexibility index (Phi) is 5.15. The summed E-state index contributed by atoms with van der Waals surface area (Å²) in [6.07, 6.45) is 1.13. The highest BCUT2D eigenvalue weighted by molar-refractivity contribution is 5.76. The van der Waals surface area contributed by atoms with Crippen LogP contribution in [-0.2, 0) is 11.3 Å². The molecule has 0 spiro atoms. The fourth-order valence-electron chi connectivity index (χ4n) is 1.69. The molecule has 0 saturated heterocycles. The minimum Gasteiger partial charge on any atom is -0.394 e. The Bertz CT molecular complexity index is 370. The molecule has 1 rings (SSSR count). The van der Waals surface area contributed by atoms with Crippen molar-refractivity contribution in [3.63, 3.8) is 0 Å². The maximum atomic E-state index is 11.6. The largest absolute Gasteiger partial charge is 0.394 e. The van der Waals surface area contributed by atoms with E-state index in [2.05, 4.69) is 10.4 Å². The van der Waals surface area contributed by atoms with Crippen LogP contribution in [0.25, 0.3) is 0 Å². The van der Waals surface area contributed by atoms with Crippen molar-refractivity contribution in [1.29, 1.82) is 0 Å². The number of nitrogens with zero attached hydrogens (tertiary/aromatic N) is 2. The van der Waals surface area contributed by atoms with Crippen LogP contribution in [0.15, 0.2) is 6.07 Å². The lowest BCUT2D eigenvalue weighted by Crippen LogP contribution is -2.37. The molecule has 1 heterocycles. The average molecular weight is 239 g/mol. The molecule has 5 heteroatoms. The smallest absolute Gasteiger partial charge is 0.222 e. The van der Waals surface area contributed by atoms with Gasteiger partial charge in [-0.25, -0.2) is 0 Å². The van der Waals surface area contributed by atoms with Crippen molar-refractivity contribution in [3.05, 3.63) is 17.5 Å². The Labute approximate surface area is 102 Å². The molecular weight excluding hydrogens is 218 g/mol. The second-order valence-electron chi connectivity index (χ2n) is 4.26. The van der Waals surface area contributed by atoms with Gasteiger partial charge in [0.2, 0.25) is 5.91 Å². The molecule has 1 aromatic rings. The van der Waals surface area contributed by atoms with E-state index in [0.717, 1.165) is 17.8 Å². The van der Waals surface area contributed by atoms with Crippen LogP contribution in [0, 0.1) is 13.8 Å². The number of hydrogen-bond acceptors (Lipinski definition) is 3. The van der Waals surface area contributed by atoms with Gasteiger partial charge >= 0.3 is 0 Å². The molecule has 2 N–H and O–H groups in total. The maximum Gasteiger partial charge on any atom is 0.222 e. The van der Waals surface area contributed by atoms with E-state index in [-0.39, 0.29) is 18.6 Å². The molecule has 17 heavy (non-hydrogen) atoms. The number of hydrogen-bond donors (Lipinski definition) is 2. The summed E-state index contributed by atoms with van der Waals surface area (Å²) in [5.74, 6) is -0.0431. The summed E-state index contributed by atoms with van der Waals surface area (Å²) >= 11 is 0. The van der Waals surface area contributed by atoms with E-state index >= 15 is 0 Å². The second-order valence-corrected chi connectivity index (χ2v) is 4.26. The number of aliphatic hydroxyl groups excluding tert-OH is 1. The van der Waals surface area contributed by atoms with Crippen LogP contribution in [0.2, 0.25) is 0 Å². The molecule has 0 aromatic carbocycles. The molecule has 1 atom stereocenters. The predicted molar refractivity (Wildman–Crippen MR) is 65.6 cm³/mol. The van der Waals surface area contributed by atoms with Crippen molar-refractivity contribution in [3.8, 4) is 0 Å². The van der Waals surface area contributed by atoms with E-state index in [1.165, 1.54) is 0 Å². The van der Waals surface area contributed by atoms with Crippen LogP contribution in [0.3, 0.4) is 0 Å². The first-order chi connectivity index (χ1) is 8.06. The number of rotatable bonds is 6. The minimum absolute atomic E-state index is 0.0118. The molecule has 96 valence electrons. The molecule has 0 aliphatic heterocycles. The van der Waals surface area contributed by atoms with E-state index in [9.17, 15) is 4.79 Å². The quantitative estimate of drug-likeness (QED) is 0.770. The van der Waals surface area contributed by atoms with Crippen LogP contribution < -0.4 is 5.32 Å². The normalized spacial score (nSPS) is 12.5. The van der Waals surface area contributed by atoms with Crippen molar-refractivity contribution < 1.29 is 9.90 Å². The van der Waals surface area contributed by atoms with Crippen LogP contribution >= 0.6 is 0 Å². The van der Waals surface area contributed by atoms with Crippen molar-refractivity contribution in [2.24, 2.45) is 0 Å². The van der Waals surface area contributed by atoms with Gasteiger partial charge in [0.25, 0.3) is 0 Å². The Morgan fingerprint density at radius 2 is 2.29 bits per heavy atom. The molecule has 0 unspecified atom stereocenters. The number of aromatic nitrogens is 2. The number of aryl methyl sites for hydroxylation is 3. The van der Waals surface area contributed by atoms with Gasteiger partial charge < -0.3 is 10.4 Å². The molecule has 0 fully saturated rings. The first-order valence-corrected chi connectivity index (χ1v) is 5.98. The predicted octanol–water partition coefficient (Wildman–Crippen LogP) is 0.777. The third kappa shape index (κ3) is 4.19. The molecule has 5 nitrogen and oxygen atoms in total. The number of amides is 1. The lowest BCUT2D eigenvalue weighted by atomic mass is 10.2. The summed E-state index contributed by atoms with van der Waals surface area (Å²) in [6.45, 7) is 6.40. The summed E-state index contributed by atoms with van der Waals surface area (Å²) in [5.41, 5.74) is 2.02. The Morgan fingerprint density at radius 1 is 1.59 bits per heavy atom. The van der Waals surface area contributed by atoms with Crippen molar-refractivity contribution in [2.75, 3.05) is 6.61 Å². The van der Waals surface area contributed by atoms with Crippen LogP contribution in [0.1, 0.15) is 31.2 Å². The highest BCUT2D eigenvalue weighted by Gasteiger charge is 2.09. The van der Waals surface area contributed by atoms with Crippen LogP contribution in [0.4, 0.5) is 0 Å². The van der Waals surface area contributed by atoms with Gasteiger partial charge in [-0.15, -0.1) is 0 Å². The molecule has 1 amide bonds. The van der Waals surface area contributed by atoms with E-state index in [4.69, 9.17) is 5.11 Å². The summed E-state index contributed by atoms with van der Waals surface area (Å²) in [6, 6.07) is 1.85. The Morgan fingerprint density at radius 3 is 2.76 bits per heavy atom. The molecule has 0 aliphatic rings. The van der Waals surface area contributed by atoms with Gasteiger partial charge in [-0.05, 0) is 26.3 Å². The standard InChI is InChI=1S/C12H21N3O2/c1-4-11(8-16)13-12(17)5-6-15-10(3)7-9(2)14-15/h7,11,16H,4-6,8H2,1-3H3,(H,13,17)/t11-/m1/s1. The third-order valence-electron chi connectivity index (χ3n) is 2.73. The van der Waals surface area contributed by atoms with Gasteiger partial charge in [0.05, 0.1) is 18.3 Å². The van der Waals surface area contributed by atoms with E-state index in [1.807, 2.05) is 31.5 Å². The first kappa shape index (κ1) is 13.7. The van der Waals surface area contributed by atoms with Crippen molar-refractivity contribution >= 4 is 5.91 Å². The zero-order valence-electron chi connectivity index (χ0n) is 10.7. The molecule has 0 radical (unpaired) electrons. The molecular formula is C12H21N3O2. The van der Waals surface area contributed by atoms with Gasteiger partial charge in [-0.3, -0.25) is 9.48 Å². The number of carbonyl (C=O) groups excluding carboxylic acids is 1. The van der Waals surface area contributed by atoms with Crippen molar-refractivity contribution in [1.82, 2.24) is 15.1 Å². The fourth-order valence-corrected chi connectivity index (χ4v) is 1.69. The van der Waals surface area contributed by atoms with E-state index in [1.54, 1.807) is 0 Å². The summed E-state index contributed by atoms with van der Waals surface area (Å²) in [7, 11) is 0. The topological polar surface area (TPSA) is 67.2 Å². The van der Waals surface area contributed by atoms with Gasteiger partial charge in [-0.2, -0.15) is 5.10 Å². The Hall–Kier alpha value is -1.36. The minimum atomic E-state index is -0.136. The average Bonchev–Trinajstić information content (AvgIpc) is 2.62. The zero-order chi connectivity index (χ0) is 12.8. The summed E-state index contributed by atoms with van der Waals surface area (Å²) in [4.78, 5) is 11.6. The van der Waals surface area contributed by atoms with E-state index < -0.39 is 0 Å². The highest BCUT2D eigenvalue weighted by atomic mass is 16.3. The van der Waals surface area contributed by atoms with Crippen LogP contribution in [0.5, 0.6) is 0 Å².